The van der Waals surface area contributed by atoms with E-state index in [9.17, 15) is 33.6 Å². The molecule has 0 heterocycles. The number of carbonyl (C=O) groups excluding carboxylic acids is 7. The van der Waals surface area contributed by atoms with Crippen molar-refractivity contribution < 1.29 is 66.7 Å². The summed E-state index contributed by atoms with van der Waals surface area (Å²) in [5.74, 6) is -2.10. The van der Waals surface area contributed by atoms with Crippen molar-refractivity contribution in [1.82, 2.24) is 4.90 Å². The monoisotopic (exact) mass is 1050 g/mol. The molecule has 424 valence electrons. The van der Waals surface area contributed by atoms with Crippen LogP contribution in [0, 0.1) is 47.3 Å². The summed E-state index contributed by atoms with van der Waals surface area (Å²) in [4.78, 5) is 94.3. The van der Waals surface area contributed by atoms with Gasteiger partial charge in [-0.2, -0.15) is 0 Å². The van der Waals surface area contributed by atoms with Gasteiger partial charge in [0, 0.05) is 25.9 Å². The van der Waals surface area contributed by atoms with Crippen molar-refractivity contribution in [2.75, 3.05) is 39.5 Å². The van der Waals surface area contributed by atoms with E-state index in [4.69, 9.17) is 33.2 Å². The Hall–Kier alpha value is -3.91. The number of hydrogen-bond acceptors (Lipinski definition) is 14. The number of esters is 6. The highest BCUT2D eigenvalue weighted by molar-refractivity contribution is 5.74. The molecule has 0 N–H and O–H groups in total. The van der Waals surface area contributed by atoms with E-state index in [1.807, 2.05) is 27.7 Å². The van der Waals surface area contributed by atoms with Crippen molar-refractivity contribution in [3.8, 4) is 0 Å². The number of carbonyl (C=O) groups is 7. The maximum Gasteiger partial charge on any atom is 0.410 e. The molecule has 0 aromatic heterocycles. The van der Waals surface area contributed by atoms with E-state index in [2.05, 4.69) is 0 Å². The predicted octanol–water partition coefficient (Wildman–Crippen LogP) is 12.2. The van der Waals surface area contributed by atoms with Crippen LogP contribution in [-0.2, 0) is 61.9 Å². The van der Waals surface area contributed by atoms with Gasteiger partial charge >= 0.3 is 41.9 Å². The number of amides is 1. The lowest BCUT2D eigenvalue weighted by Crippen LogP contribution is -2.38. The van der Waals surface area contributed by atoms with Crippen LogP contribution in [0.25, 0.3) is 0 Å². The summed E-state index contributed by atoms with van der Waals surface area (Å²) < 4.78 is 40.0. The van der Waals surface area contributed by atoms with Crippen LogP contribution in [-0.4, -0.2) is 104 Å². The van der Waals surface area contributed by atoms with Gasteiger partial charge in [0.15, 0.2) is 12.2 Å². The summed E-state index contributed by atoms with van der Waals surface area (Å²) in [6, 6.07) is 0. The molecule has 74 heavy (non-hydrogen) atoms. The molecule has 0 saturated heterocycles. The van der Waals surface area contributed by atoms with Crippen LogP contribution in [0.5, 0.6) is 0 Å². The molecule has 0 aliphatic heterocycles. The molecule has 4 saturated carbocycles. The van der Waals surface area contributed by atoms with Crippen LogP contribution in [0.15, 0.2) is 0 Å². The van der Waals surface area contributed by atoms with E-state index in [0.29, 0.717) is 23.7 Å². The lowest BCUT2D eigenvalue weighted by atomic mass is 9.83. The van der Waals surface area contributed by atoms with Crippen LogP contribution in [0.1, 0.15) is 228 Å². The van der Waals surface area contributed by atoms with Crippen molar-refractivity contribution in [2.45, 2.75) is 246 Å². The largest absolute Gasteiger partial charge is 0.461 e. The Morgan fingerprint density at radius 3 is 0.919 bits per heavy atom. The highest BCUT2D eigenvalue weighted by Crippen LogP contribution is 2.33. The van der Waals surface area contributed by atoms with Crippen LogP contribution >= 0.6 is 0 Å². The van der Waals surface area contributed by atoms with Gasteiger partial charge in [-0.1, -0.05) is 156 Å². The predicted molar refractivity (Wildman–Crippen MR) is 281 cm³/mol. The molecule has 15 nitrogen and oxygen atoms in total. The Labute approximate surface area is 445 Å². The molecular formula is C59H99NO14. The van der Waals surface area contributed by atoms with Crippen molar-refractivity contribution in [3.05, 3.63) is 0 Å². The Morgan fingerprint density at radius 2 is 0.676 bits per heavy atom. The first-order valence-electron chi connectivity index (χ1n) is 29.4. The van der Waals surface area contributed by atoms with Crippen LogP contribution < -0.4 is 0 Å². The molecule has 0 radical (unpaired) electrons. The van der Waals surface area contributed by atoms with Crippen molar-refractivity contribution >= 4 is 41.9 Å². The van der Waals surface area contributed by atoms with Crippen molar-refractivity contribution in [3.63, 3.8) is 0 Å². The zero-order valence-corrected chi connectivity index (χ0v) is 47.0. The fraction of sp³-hybridized carbons (Fsp3) is 0.881. The van der Waals surface area contributed by atoms with Gasteiger partial charge in [-0.05, 0) is 83.0 Å². The minimum atomic E-state index is -1.02. The average Bonchev–Trinajstić information content (AvgIpc) is 3.37. The van der Waals surface area contributed by atoms with Gasteiger partial charge in [0.2, 0.25) is 0 Å². The molecule has 0 aromatic carbocycles. The summed E-state index contributed by atoms with van der Waals surface area (Å²) in [7, 11) is 0. The summed E-state index contributed by atoms with van der Waals surface area (Å²) in [6.45, 7) is 11.9. The van der Waals surface area contributed by atoms with E-state index in [-0.39, 0.29) is 113 Å². The molecule has 4 fully saturated rings. The quantitative estimate of drug-likeness (QED) is 0.0488. The Kier molecular flexibility index (Phi) is 28.8. The standard InChI is InChI=1S/C59H99NO14/c1-42(34-46-22-12-8-13-23-46)54(63)68-38-50(39-69-55(64)43(2)35-47-24-14-9-15-25-47)72-52(61)30-20-32-60(58(67)74-59(5,6)7)33-21-31-53(62)73-51(40-70-56(65)44(3)36-48-26-16-10-17-27-48)41-71-57(66)45(4)37-49-28-18-11-19-29-49/h42-51H,8-41H2,1-7H3. The average molecular weight is 1050 g/mol. The molecule has 0 aromatic rings. The first-order chi connectivity index (χ1) is 35.3. The Morgan fingerprint density at radius 1 is 0.419 bits per heavy atom. The maximum atomic E-state index is 13.5. The third-order valence-corrected chi connectivity index (χ3v) is 15.8. The summed E-state index contributed by atoms with van der Waals surface area (Å²) in [5, 5.41) is 0. The van der Waals surface area contributed by atoms with Crippen LogP contribution in [0.3, 0.4) is 0 Å². The lowest BCUT2D eigenvalue weighted by Gasteiger charge is -2.27. The minimum absolute atomic E-state index is 0.0949. The van der Waals surface area contributed by atoms with Gasteiger partial charge in [-0.25, -0.2) is 4.79 Å². The molecular weight excluding hydrogens is 947 g/mol. The summed E-state index contributed by atoms with van der Waals surface area (Å²) >= 11 is 0. The van der Waals surface area contributed by atoms with E-state index in [1.165, 1.54) is 81.9 Å². The van der Waals surface area contributed by atoms with Gasteiger partial charge in [0.05, 0.1) is 23.7 Å². The molecule has 4 atom stereocenters. The van der Waals surface area contributed by atoms with Gasteiger partial charge in [-0.15, -0.1) is 0 Å². The molecule has 1 amide bonds. The van der Waals surface area contributed by atoms with Crippen LogP contribution in [0.2, 0.25) is 0 Å². The van der Waals surface area contributed by atoms with Gasteiger partial charge in [0.25, 0.3) is 0 Å². The Bertz CT molecular complexity index is 1500. The molecule has 4 aliphatic carbocycles. The summed E-state index contributed by atoms with van der Waals surface area (Å²) in [5.41, 5.74) is -0.818. The third kappa shape index (κ3) is 25.8. The van der Waals surface area contributed by atoms with E-state index in [1.54, 1.807) is 20.8 Å². The first kappa shape index (κ1) is 62.6. The molecule has 0 spiro atoms. The smallest absolute Gasteiger partial charge is 0.410 e. The highest BCUT2D eigenvalue weighted by atomic mass is 16.6. The SMILES string of the molecule is CC(CC1CCCCC1)C(=O)OCC(COC(=O)C(C)CC1CCCCC1)OC(=O)CCCN(CCCC(=O)OC(COC(=O)C(C)CC1CCCCC1)COC(=O)C(C)CC1CCCCC1)C(=O)OC(C)(C)C. The second-order valence-electron chi connectivity index (χ2n) is 24.0. The number of ether oxygens (including phenoxy) is 7. The third-order valence-electron chi connectivity index (χ3n) is 15.8. The van der Waals surface area contributed by atoms with E-state index < -0.39 is 35.8 Å². The number of nitrogens with zero attached hydrogens (tertiary/aromatic N) is 1. The number of hydrogen-bond donors (Lipinski definition) is 0. The zero-order valence-electron chi connectivity index (χ0n) is 47.0. The second kappa shape index (κ2) is 34.0. The van der Waals surface area contributed by atoms with E-state index >= 15 is 0 Å². The normalized spacial score (nSPS) is 19.9. The number of rotatable bonds is 30. The summed E-state index contributed by atoms with van der Waals surface area (Å²) in [6.07, 6.45) is 23.5. The van der Waals surface area contributed by atoms with E-state index in [0.717, 1.165) is 77.0 Å². The van der Waals surface area contributed by atoms with Crippen LogP contribution in [0.4, 0.5) is 4.79 Å². The fourth-order valence-corrected chi connectivity index (χ4v) is 11.5. The highest BCUT2D eigenvalue weighted by Gasteiger charge is 2.30. The first-order valence-corrected chi connectivity index (χ1v) is 29.4. The molecule has 4 aliphatic rings. The maximum absolute atomic E-state index is 13.5. The second-order valence-corrected chi connectivity index (χ2v) is 24.0. The van der Waals surface area contributed by atoms with Crippen molar-refractivity contribution in [1.29, 1.82) is 0 Å². The topological polar surface area (TPSA) is 187 Å². The zero-order chi connectivity index (χ0) is 53.9. The van der Waals surface area contributed by atoms with Gasteiger partial charge in [0.1, 0.15) is 32.0 Å². The molecule has 15 heteroatoms. The molecule has 4 rings (SSSR count). The Balaban J connectivity index is 1.31. The minimum Gasteiger partial charge on any atom is -0.461 e. The van der Waals surface area contributed by atoms with Gasteiger partial charge in [-0.3, -0.25) is 28.8 Å². The van der Waals surface area contributed by atoms with Gasteiger partial charge < -0.3 is 38.1 Å². The molecule has 0 bridgehead atoms. The fourth-order valence-electron chi connectivity index (χ4n) is 11.5. The van der Waals surface area contributed by atoms with Crippen molar-refractivity contribution in [2.24, 2.45) is 47.3 Å². The lowest BCUT2D eigenvalue weighted by molar-refractivity contribution is -0.169. The molecule has 4 unspecified atom stereocenters.